The van der Waals surface area contributed by atoms with Crippen LogP contribution in [0.25, 0.3) is 5.69 Å². The second-order valence-corrected chi connectivity index (χ2v) is 7.72. The summed E-state index contributed by atoms with van der Waals surface area (Å²) in [5.74, 6) is 0.114. The molecule has 0 N–H and O–H groups in total. The molecule has 0 radical (unpaired) electrons. The molecule has 2 aliphatic heterocycles. The van der Waals surface area contributed by atoms with Gasteiger partial charge >= 0.3 is 0 Å². The zero-order chi connectivity index (χ0) is 20.1. The zero-order valence-electron chi connectivity index (χ0n) is 16.7. The van der Waals surface area contributed by atoms with Crippen molar-refractivity contribution in [3.05, 3.63) is 42.2 Å². The van der Waals surface area contributed by atoms with Gasteiger partial charge in [0.05, 0.1) is 18.4 Å². The van der Waals surface area contributed by atoms with Gasteiger partial charge in [-0.05, 0) is 25.0 Å². The van der Waals surface area contributed by atoms with Gasteiger partial charge in [-0.25, -0.2) is 0 Å². The van der Waals surface area contributed by atoms with E-state index in [1.165, 1.54) is 23.8 Å². The van der Waals surface area contributed by atoms with Crippen molar-refractivity contribution in [2.75, 3.05) is 45.8 Å². The highest BCUT2D eigenvalue weighted by molar-refractivity contribution is 5.92. The molecule has 2 fully saturated rings. The van der Waals surface area contributed by atoms with Crippen LogP contribution < -0.4 is 0 Å². The van der Waals surface area contributed by atoms with E-state index in [1.54, 1.807) is 4.90 Å². The van der Waals surface area contributed by atoms with Crippen molar-refractivity contribution in [1.29, 1.82) is 0 Å². The summed E-state index contributed by atoms with van der Waals surface area (Å²) < 4.78 is 0. The van der Waals surface area contributed by atoms with E-state index in [2.05, 4.69) is 15.1 Å². The van der Waals surface area contributed by atoms with E-state index in [9.17, 15) is 9.59 Å². The van der Waals surface area contributed by atoms with E-state index in [-0.39, 0.29) is 11.8 Å². The predicted octanol–water partition coefficient (Wildman–Crippen LogP) is 1.43. The Morgan fingerprint density at radius 1 is 0.828 bits per heavy atom. The average Bonchev–Trinajstić information content (AvgIpc) is 3.09. The quantitative estimate of drug-likeness (QED) is 0.782. The Kier molecular flexibility index (Phi) is 6.19. The van der Waals surface area contributed by atoms with Crippen LogP contribution in [-0.2, 0) is 4.79 Å². The van der Waals surface area contributed by atoms with Crippen LogP contribution in [0.3, 0.4) is 0 Å². The minimum Gasteiger partial charge on any atom is -0.342 e. The van der Waals surface area contributed by atoms with E-state index in [0.29, 0.717) is 38.4 Å². The van der Waals surface area contributed by atoms with Gasteiger partial charge in [0.15, 0.2) is 5.69 Å². The number of likely N-dealkylation sites (tertiary alicyclic amines) is 1. The molecule has 2 aliphatic rings. The average molecular weight is 396 g/mol. The topological polar surface area (TPSA) is 74.6 Å². The maximum Gasteiger partial charge on any atom is 0.276 e. The van der Waals surface area contributed by atoms with Crippen molar-refractivity contribution in [2.45, 2.75) is 25.7 Å². The fourth-order valence-corrected chi connectivity index (χ4v) is 3.93. The van der Waals surface area contributed by atoms with Crippen LogP contribution >= 0.6 is 0 Å². The van der Waals surface area contributed by atoms with E-state index in [4.69, 9.17) is 0 Å². The third kappa shape index (κ3) is 4.82. The van der Waals surface area contributed by atoms with Gasteiger partial charge in [-0.2, -0.15) is 9.90 Å². The summed E-state index contributed by atoms with van der Waals surface area (Å²) in [6.45, 7) is 4.83. The summed E-state index contributed by atoms with van der Waals surface area (Å²) in [5.41, 5.74) is 1.17. The largest absolute Gasteiger partial charge is 0.342 e. The second kappa shape index (κ2) is 9.17. The number of hydrogen-bond acceptors (Lipinski definition) is 5. The summed E-state index contributed by atoms with van der Waals surface area (Å²) in [7, 11) is 0. The smallest absolute Gasteiger partial charge is 0.276 e. The van der Waals surface area contributed by atoms with Gasteiger partial charge in [-0.15, -0.1) is 5.10 Å². The molecule has 0 bridgehead atoms. The van der Waals surface area contributed by atoms with Crippen LogP contribution in [0.4, 0.5) is 0 Å². The molecule has 2 aromatic rings. The van der Waals surface area contributed by atoms with Crippen molar-refractivity contribution in [3.63, 3.8) is 0 Å². The van der Waals surface area contributed by atoms with Crippen LogP contribution in [-0.4, -0.2) is 87.3 Å². The molecule has 0 spiro atoms. The first-order valence-corrected chi connectivity index (χ1v) is 10.5. The molecular weight excluding hydrogens is 368 g/mol. The zero-order valence-corrected chi connectivity index (χ0v) is 16.7. The number of benzene rings is 1. The van der Waals surface area contributed by atoms with Crippen molar-refractivity contribution in [2.24, 2.45) is 0 Å². The molecule has 0 aliphatic carbocycles. The summed E-state index contributed by atoms with van der Waals surface area (Å²) in [5, 5.41) is 8.55. The summed E-state index contributed by atoms with van der Waals surface area (Å²) in [6.07, 6.45) is 6.18. The Bertz CT molecular complexity index is 821. The highest BCUT2D eigenvalue weighted by Crippen LogP contribution is 2.12. The molecular formula is C21H28N6O2. The molecule has 2 saturated heterocycles. The lowest BCUT2D eigenvalue weighted by Crippen LogP contribution is -2.51. The third-order valence-electron chi connectivity index (χ3n) is 5.68. The predicted molar refractivity (Wildman–Crippen MR) is 109 cm³/mol. The Morgan fingerprint density at radius 2 is 1.52 bits per heavy atom. The lowest BCUT2D eigenvalue weighted by atomic mass is 10.2. The molecule has 0 unspecified atom stereocenters. The Balaban J connectivity index is 1.28. The molecule has 154 valence electrons. The molecule has 2 amide bonds. The van der Waals surface area contributed by atoms with Crippen molar-refractivity contribution in [3.8, 4) is 5.69 Å². The first-order chi connectivity index (χ1) is 14.2. The Hall–Kier alpha value is -2.74. The van der Waals surface area contributed by atoms with Gasteiger partial charge < -0.3 is 9.80 Å². The standard InChI is InChI=1S/C21H28N6O2/c28-20(25-10-6-1-2-7-11-25)17-24-12-14-26(15-13-24)21(29)19-16-22-27(23-19)18-8-4-3-5-9-18/h3-5,8-9,16H,1-2,6-7,10-15,17H2. The molecule has 0 saturated carbocycles. The molecule has 0 atom stereocenters. The minimum atomic E-state index is -0.106. The number of carbonyl (C=O) groups excluding carboxylic acids is 2. The van der Waals surface area contributed by atoms with E-state index in [0.717, 1.165) is 31.6 Å². The van der Waals surface area contributed by atoms with Crippen LogP contribution in [0.5, 0.6) is 0 Å². The van der Waals surface area contributed by atoms with Gasteiger partial charge in [0.25, 0.3) is 5.91 Å². The van der Waals surface area contributed by atoms with Gasteiger partial charge in [-0.3, -0.25) is 14.5 Å². The third-order valence-corrected chi connectivity index (χ3v) is 5.68. The number of rotatable bonds is 4. The maximum atomic E-state index is 12.8. The lowest BCUT2D eigenvalue weighted by molar-refractivity contribution is -0.132. The van der Waals surface area contributed by atoms with E-state index >= 15 is 0 Å². The number of hydrogen-bond donors (Lipinski definition) is 0. The summed E-state index contributed by atoms with van der Waals surface area (Å²) >= 11 is 0. The molecule has 1 aromatic carbocycles. The van der Waals surface area contributed by atoms with Crippen LogP contribution in [0.2, 0.25) is 0 Å². The van der Waals surface area contributed by atoms with Crippen LogP contribution in [0.1, 0.15) is 36.2 Å². The van der Waals surface area contributed by atoms with Gasteiger partial charge in [0.2, 0.25) is 5.91 Å². The van der Waals surface area contributed by atoms with Crippen molar-refractivity contribution >= 4 is 11.8 Å². The molecule has 4 rings (SSSR count). The van der Waals surface area contributed by atoms with Gasteiger partial charge in [0.1, 0.15) is 0 Å². The summed E-state index contributed by atoms with van der Waals surface area (Å²) in [6, 6.07) is 9.54. The fraction of sp³-hybridized carbons (Fsp3) is 0.524. The normalized spacial score (nSPS) is 18.5. The first kappa shape index (κ1) is 19.6. The summed E-state index contributed by atoms with van der Waals surface area (Å²) in [4.78, 5) is 32.8. The fourth-order valence-electron chi connectivity index (χ4n) is 3.93. The number of nitrogens with zero attached hydrogens (tertiary/aromatic N) is 6. The highest BCUT2D eigenvalue weighted by atomic mass is 16.2. The number of amides is 2. The SMILES string of the molecule is O=C(CN1CCN(C(=O)c2cnn(-c3ccccc3)n2)CC1)N1CCCCCC1. The first-order valence-electron chi connectivity index (χ1n) is 10.5. The Labute approximate surface area is 171 Å². The van der Waals surface area contributed by atoms with Crippen LogP contribution in [0, 0.1) is 0 Å². The monoisotopic (exact) mass is 396 g/mol. The van der Waals surface area contributed by atoms with Crippen molar-refractivity contribution in [1.82, 2.24) is 29.7 Å². The van der Waals surface area contributed by atoms with Crippen molar-refractivity contribution < 1.29 is 9.59 Å². The second-order valence-electron chi connectivity index (χ2n) is 7.72. The number of carbonyl (C=O) groups is 2. The maximum absolute atomic E-state index is 12.8. The minimum absolute atomic E-state index is 0.106. The van der Waals surface area contributed by atoms with E-state index < -0.39 is 0 Å². The van der Waals surface area contributed by atoms with Crippen LogP contribution in [0.15, 0.2) is 36.5 Å². The Morgan fingerprint density at radius 3 is 2.21 bits per heavy atom. The molecule has 3 heterocycles. The number of piperazine rings is 1. The molecule has 29 heavy (non-hydrogen) atoms. The highest BCUT2D eigenvalue weighted by Gasteiger charge is 2.26. The molecule has 8 nitrogen and oxygen atoms in total. The number of aromatic nitrogens is 3. The van der Waals surface area contributed by atoms with Gasteiger partial charge in [0, 0.05) is 39.3 Å². The molecule has 1 aromatic heterocycles. The molecule has 8 heteroatoms. The lowest BCUT2D eigenvalue weighted by Gasteiger charge is -2.35. The van der Waals surface area contributed by atoms with Gasteiger partial charge in [-0.1, -0.05) is 31.0 Å². The van der Waals surface area contributed by atoms with E-state index in [1.807, 2.05) is 35.2 Å². The number of para-hydroxylation sites is 1.